The van der Waals surface area contributed by atoms with Crippen LogP contribution in [0.15, 0.2) is 36.4 Å². The summed E-state index contributed by atoms with van der Waals surface area (Å²) in [7, 11) is 1.59. The number of piperidine rings is 1. The molecule has 11 heteroatoms. The quantitative estimate of drug-likeness (QED) is 0.212. The van der Waals surface area contributed by atoms with Crippen LogP contribution < -0.4 is 29.7 Å². The number of carboxylic acid groups (broad SMARTS) is 1. The number of nitrogens with one attached hydrogen (secondary N) is 2. The number of urea groups is 1. The third-order valence-corrected chi connectivity index (χ3v) is 8.64. The van der Waals surface area contributed by atoms with Crippen LogP contribution in [0.4, 0.5) is 16.2 Å². The maximum Gasteiger partial charge on any atom is 0.339 e. The van der Waals surface area contributed by atoms with Gasteiger partial charge in [0.05, 0.1) is 36.7 Å². The summed E-state index contributed by atoms with van der Waals surface area (Å²) in [5, 5.41) is 17.5. The number of methoxy groups -OCH3 is 1. The number of hydrogen-bond acceptors (Lipinski definition) is 8. The van der Waals surface area contributed by atoms with Crippen LogP contribution in [0.1, 0.15) is 62.5 Å². The highest BCUT2D eigenvalue weighted by Gasteiger charge is 2.29. The number of pyridine rings is 1. The van der Waals surface area contributed by atoms with Crippen molar-refractivity contribution in [3.63, 3.8) is 0 Å². The molecule has 2 amide bonds. The smallest absolute Gasteiger partial charge is 0.339 e. The van der Waals surface area contributed by atoms with E-state index >= 15 is 0 Å². The molecular weight excluding hydrogens is 586 g/mol. The lowest BCUT2D eigenvalue weighted by atomic mass is 9.95. The van der Waals surface area contributed by atoms with Crippen molar-refractivity contribution in [2.75, 3.05) is 63.2 Å². The van der Waals surface area contributed by atoms with Crippen molar-refractivity contribution in [1.82, 2.24) is 15.2 Å². The Morgan fingerprint density at radius 3 is 2.50 bits per heavy atom. The second kappa shape index (κ2) is 15.4. The zero-order valence-electron chi connectivity index (χ0n) is 27.4. The highest BCUT2D eigenvalue weighted by molar-refractivity contribution is 6.06. The van der Waals surface area contributed by atoms with Gasteiger partial charge in [-0.05, 0) is 95.3 Å². The topological polar surface area (TPSA) is 125 Å². The maximum absolute atomic E-state index is 13.1. The minimum absolute atomic E-state index is 0.0691. The van der Waals surface area contributed by atoms with E-state index in [-0.39, 0.29) is 17.7 Å². The van der Waals surface area contributed by atoms with Gasteiger partial charge >= 0.3 is 12.0 Å². The average molecular weight is 634 g/mol. The highest BCUT2D eigenvalue weighted by Crippen LogP contribution is 2.39. The SMILES string of the molecule is CCc1nc2cc(OCCCC3CCCNC3)c(OC)cc2c(N2CCN(C(=O)Nc3ccc(OC(C)C)cc3)CC2)c1C(=O)O. The highest BCUT2D eigenvalue weighted by atomic mass is 16.5. The standard InChI is InChI=1S/C35H47N5O6/c1-5-28-32(34(41)42)33(39-15-17-40(18-16-39)35(43)37-25-10-12-26(13-11-25)46-23(2)3)27-20-30(44-4)31(21-29(27)38-28)45-19-7-9-24-8-6-14-36-22-24/h10-13,20-21,23-24,36H,5-9,14-19,22H2,1-4H3,(H,37,43)(H,41,42). The number of aryl methyl sites for hydroxylation is 1. The molecule has 1 unspecified atom stereocenters. The summed E-state index contributed by atoms with van der Waals surface area (Å²) in [5.41, 5.74) is 2.65. The van der Waals surface area contributed by atoms with Crippen molar-refractivity contribution in [2.24, 2.45) is 5.92 Å². The second-order valence-corrected chi connectivity index (χ2v) is 12.3. The summed E-state index contributed by atoms with van der Waals surface area (Å²) in [4.78, 5) is 34.3. The molecule has 3 heterocycles. The molecule has 2 aliphatic heterocycles. The average Bonchev–Trinajstić information content (AvgIpc) is 3.06. The van der Waals surface area contributed by atoms with Crippen molar-refractivity contribution < 1.29 is 28.9 Å². The Labute approximate surface area is 271 Å². The van der Waals surface area contributed by atoms with E-state index in [2.05, 4.69) is 10.6 Å². The summed E-state index contributed by atoms with van der Waals surface area (Å²) in [6.45, 7) is 10.4. The molecule has 0 spiro atoms. The molecule has 248 valence electrons. The summed E-state index contributed by atoms with van der Waals surface area (Å²) in [6, 6.07) is 10.8. The fraction of sp³-hybridized carbons (Fsp3) is 0.514. The number of hydrogen-bond donors (Lipinski definition) is 3. The van der Waals surface area contributed by atoms with E-state index in [0.717, 1.165) is 31.7 Å². The van der Waals surface area contributed by atoms with Gasteiger partial charge in [0.25, 0.3) is 0 Å². The third-order valence-electron chi connectivity index (χ3n) is 8.64. The number of piperazine rings is 1. The van der Waals surface area contributed by atoms with Crippen LogP contribution in [-0.2, 0) is 6.42 Å². The van der Waals surface area contributed by atoms with Crippen LogP contribution in [0, 0.1) is 5.92 Å². The molecule has 2 aromatic carbocycles. The molecule has 3 aromatic rings. The molecule has 1 atom stereocenters. The summed E-state index contributed by atoms with van der Waals surface area (Å²) in [5.74, 6) is 1.55. The van der Waals surface area contributed by atoms with Crippen LogP contribution in [0.25, 0.3) is 10.9 Å². The predicted octanol–water partition coefficient (Wildman–Crippen LogP) is 5.80. The first-order valence-corrected chi connectivity index (χ1v) is 16.5. The number of carboxylic acids is 1. The van der Waals surface area contributed by atoms with Gasteiger partial charge in [0, 0.05) is 43.3 Å². The van der Waals surface area contributed by atoms with Gasteiger partial charge in [-0.25, -0.2) is 9.59 Å². The van der Waals surface area contributed by atoms with Gasteiger partial charge in [0.15, 0.2) is 11.5 Å². The monoisotopic (exact) mass is 633 g/mol. The lowest BCUT2D eigenvalue weighted by Gasteiger charge is -2.37. The largest absolute Gasteiger partial charge is 0.493 e. The first-order chi connectivity index (χ1) is 22.3. The van der Waals surface area contributed by atoms with E-state index in [4.69, 9.17) is 19.2 Å². The van der Waals surface area contributed by atoms with Gasteiger partial charge < -0.3 is 39.8 Å². The molecule has 0 saturated carbocycles. The van der Waals surface area contributed by atoms with Crippen molar-refractivity contribution in [1.29, 1.82) is 0 Å². The number of carbonyl (C=O) groups excluding carboxylic acids is 1. The second-order valence-electron chi connectivity index (χ2n) is 12.3. The first kappa shape index (κ1) is 33.1. The van der Waals surface area contributed by atoms with E-state index < -0.39 is 5.97 Å². The number of anilines is 2. The molecule has 3 N–H and O–H groups in total. The number of carbonyl (C=O) groups is 2. The Kier molecular flexibility index (Phi) is 11.1. The Hall–Kier alpha value is -4.25. The van der Waals surface area contributed by atoms with Gasteiger partial charge in [-0.3, -0.25) is 4.98 Å². The van der Waals surface area contributed by atoms with Crippen LogP contribution in [0.5, 0.6) is 17.2 Å². The molecule has 2 aliphatic rings. The van der Waals surface area contributed by atoms with E-state index in [1.54, 1.807) is 12.0 Å². The predicted molar refractivity (Wildman–Crippen MR) is 180 cm³/mol. The number of aromatic nitrogens is 1. The van der Waals surface area contributed by atoms with Gasteiger partial charge in [-0.1, -0.05) is 6.92 Å². The molecular formula is C35H47N5O6. The van der Waals surface area contributed by atoms with Crippen LogP contribution in [0.3, 0.4) is 0 Å². The van der Waals surface area contributed by atoms with Crippen molar-refractivity contribution >= 4 is 34.3 Å². The number of fused-ring (bicyclic) bond motifs is 1. The number of aromatic carboxylic acids is 1. The van der Waals surface area contributed by atoms with Gasteiger partial charge in [0.2, 0.25) is 0 Å². The Bertz CT molecular complexity index is 1500. The van der Waals surface area contributed by atoms with Crippen molar-refractivity contribution in [3.05, 3.63) is 47.7 Å². The summed E-state index contributed by atoms with van der Waals surface area (Å²) >= 11 is 0. The Morgan fingerprint density at radius 2 is 1.87 bits per heavy atom. The Morgan fingerprint density at radius 1 is 1.11 bits per heavy atom. The van der Waals surface area contributed by atoms with Crippen LogP contribution in [0.2, 0.25) is 0 Å². The molecule has 0 aliphatic carbocycles. The van der Waals surface area contributed by atoms with Gasteiger partial charge in [-0.15, -0.1) is 0 Å². The zero-order chi connectivity index (χ0) is 32.6. The van der Waals surface area contributed by atoms with Crippen LogP contribution in [-0.4, -0.2) is 86.1 Å². The maximum atomic E-state index is 13.1. The summed E-state index contributed by atoms with van der Waals surface area (Å²) in [6.07, 6.45) is 5.06. The lowest BCUT2D eigenvalue weighted by molar-refractivity contribution is 0.0695. The molecule has 11 nitrogen and oxygen atoms in total. The zero-order valence-corrected chi connectivity index (χ0v) is 27.4. The summed E-state index contributed by atoms with van der Waals surface area (Å²) < 4.78 is 17.6. The van der Waals surface area contributed by atoms with E-state index in [9.17, 15) is 14.7 Å². The molecule has 0 radical (unpaired) electrons. The first-order valence-electron chi connectivity index (χ1n) is 16.5. The van der Waals surface area contributed by atoms with Crippen molar-refractivity contribution in [2.45, 2.75) is 59.0 Å². The molecule has 1 aromatic heterocycles. The van der Waals surface area contributed by atoms with E-state index in [0.29, 0.717) is 84.6 Å². The van der Waals surface area contributed by atoms with E-state index in [1.807, 2.05) is 62.1 Å². The molecule has 5 rings (SSSR count). The molecule has 2 saturated heterocycles. The molecule has 0 bridgehead atoms. The minimum Gasteiger partial charge on any atom is -0.493 e. The molecule has 2 fully saturated rings. The number of benzene rings is 2. The molecule has 46 heavy (non-hydrogen) atoms. The van der Waals surface area contributed by atoms with E-state index in [1.165, 1.54) is 12.8 Å². The van der Waals surface area contributed by atoms with Gasteiger partial charge in [0.1, 0.15) is 11.3 Å². The van der Waals surface area contributed by atoms with Gasteiger partial charge in [-0.2, -0.15) is 0 Å². The number of amides is 2. The fourth-order valence-electron chi connectivity index (χ4n) is 6.33. The minimum atomic E-state index is -1.03. The Balaban J connectivity index is 1.32. The normalized spacial score (nSPS) is 16.8. The van der Waals surface area contributed by atoms with Crippen LogP contribution >= 0.6 is 0 Å². The van der Waals surface area contributed by atoms with Crippen molar-refractivity contribution in [3.8, 4) is 17.2 Å². The number of ether oxygens (including phenoxy) is 3. The third kappa shape index (κ3) is 7.93. The lowest BCUT2D eigenvalue weighted by Crippen LogP contribution is -2.50. The number of rotatable bonds is 12. The number of nitrogens with zero attached hydrogens (tertiary/aromatic N) is 3. The fourth-order valence-corrected chi connectivity index (χ4v) is 6.33.